The Morgan fingerprint density at radius 2 is 1.90 bits per heavy atom. The Kier molecular flexibility index (Phi) is 7.59. The number of carbonyl (C=O) groups excluding carboxylic acids is 1. The van der Waals surface area contributed by atoms with Gasteiger partial charge in [0.05, 0.1) is 33.4 Å². The number of furan rings is 1. The number of allylic oxidation sites excluding steroid dienone is 1. The van der Waals surface area contributed by atoms with Crippen LogP contribution < -0.4 is 14.9 Å². The molecule has 1 atom stereocenters. The van der Waals surface area contributed by atoms with E-state index in [1.807, 2.05) is 31.2 Å². The second-order valence-corrected chi connectivity index (χ2v) is 11.1. The van der Waals surface area contributed by atoms with Crippen LogP contribution in [0, 0.1) is 17.0 Å². The summed E-state index contributed by atoms with van der Waals surface area (Å²) in [6, 6.07) is 15.2. The average Bonchev–Trinajstić information content (AvgIpc) is 3.52. The number of hydrogen-bond donors (Lipinski definition) is 0. The van der Waals surface area contributed by atoms with Crippen LogP contribution in [0.1, 0.15) is 62.1 Å². The molecule has 41 heavy (non-hydrogen) atoms. The van der Waals surface area contributed by atoms with Gasteiger partial charge in [-0.3, -0.25) is 19.5 Å². The molecule has 0 spiro atoms. The minimum atomic E-state index is -0.701. The summed E-state index contributed by atoms with van der Waals surface area (Å²) in [5.74, 6) is 0.685. The minimum Gasteiger partial charge on any atom is -0.463 e. The van der Waals surface area contributed by atoms with E-state index in [9.17, 15) is 19.7 Å². The molecule has 210 valence electrons. The third-order valence-corrected chi connectivity index (χ3v) is 8.02. The number of rotatable bonds is 7. The molecular formula is C31H29N3O6S. The van der Waals surface area contributed by atoms with Crippen molar-refractivity contribution in [2.45, 2.75) is 46.6 Å². The molecule has 5 rings (SSSR count). The minimum absolute atomic E-state index is 0.0361. The zero-order chi connectivity index (χ0) is 29.4. The maximum atomic E-state index is 13.9. The van der Waals surface area contributed by atoms with Gasteiger partial charge in [0, 0.05) is 23.8 Å². The smallest absolute Gasteiger partial charge is 0.338 e. The third-order valence-electron chi connectivity index (χ3n) is 7.03. The fourth-order valence-corrected chi connectivity index (χ4v) is 5.89. The topological polar surface area (TPSA) is 117 Å². The van der Waals surface area contributed by atoms with E-state index < -0.39 is 16.9 Å². The van der Waals surface area contributed by atoms with Gasteiger partial charge in [-0.2, -0.15) is 0 Å². The molecule has 0 unspecified atom stereocenters. The Balaban J connectivity index is 1.62. The van der Waals surface area contributed by atoms with E-state index in [4.69, 9.17) is 9.15 Å². The zero-order valence-electron chi connectivity index (χ0n) is 23.3. The first-order chi connectivity index (χ1) is 19.6. The molecule has 1 aliphatic heterocycles. The summed E-state index contributed by atoms with van der Waals surface area (Å²) >= 11 is 1.20. The van der Waals surface area contributed by atoms with Crippen molar-refractivity contribution in [2.75, 3.05) is 6.61 Å². The normalized spacial score (nSPS) is 15.2. The SMILES string of the molecule is CCOC(=O)C1=C(C)N=c2s/c(=C\c3ccc(-c4cc([N+](=O)[O-])ccc4C)o3)c(=O)n2[C@H]1c1ccc(C(C)C)cc1. The van der Waals surface area contributed by atoms with Crippen molar-refractivity contribution >= 4 is 29.1 Å². The summed E-state index contributed by atoms with van der Waals surface area (Å²) < 4.78 is 13.3. The van der Waals surface area contributed by atoms with E-state index >= 15 is 0 Å². The summed E-state index contributed by atoms with van der Waals surface area (Å²) in [4.78, 5) is 42.8. The molecule has 0 fully saturated rings. The molecule has 1 aliphatic rings. The van der Waals surface area contributed by atoms with E-state index in [-0.39, 0.29) is 17.9 Å². The van der Waals surface area contributed by atoms with Gasteiger partial charge in [-0.05, 0) is 55.5 Å². The van der Waals surface area contributed by atoms with Gasteiger partial charge in [0.2, 0.25) is 0 Å². The van der Waals surface area contributed by atoms with Crippen LogP contribution in [0.15, 0.2) is 80.1 Å². The lowest BCUT2D eigenvalue weighted by molar-refractivity contribution is -0.384. The fourth-order valence-electron chi connectivity index (χ4n) is 4.86. The number of nitrogens with zero attached hydrogens (tertiary/aromatic N) is 3. The van der Waals surface area contributed by atoms with Crippen molar-refractivity contribution in [2.24, 2.45) is 4.99 Å². The maximum absolute atomic E-state index is 13.9. The van der Waals surface area contributed by atoms with Crippen LogP contribution in [-0.2, 0) is 9.53 Å². The lowest BCUT2D eigenvalue weighted by Crippen LogP contribution is -2.39. The first-order valence-corrected chi connectivity index (χ1v) is 14.1. The highest BCUT2D eigenvalue weighted by atomic mass is 32.1. The van der Waals surface area contributed by atoms with E-state index in [1.165, 1.54) is 28.0 Å². The largest absolute Gasteiger partial charge is 0.463 e. The van der Waals surface area contributed by atoms with Crippen molar-refractivity contribution in [3.63, 3.8) is 0 Å². The summed E-state index contributed by atoms with van der Waals surface area (Å²) in [6.07, 6.45) is 1.63. The average molecular weight is 572 g/mol. The van der Waals surface area contributed by atoms with E-state index in [2.05, 4.69) is 18.8 Å². The second kappa shape index (κ2) is 11.1. The summed E-state index contributed by atoms with van der Waals surface area (Å²) in [6.45, 7) is 9.74. The lowest BCUT2D eigenvalue weighted by atomic mass is 9.93. The van der Waals surface area contributed by atoms with Crippen molar-refractivity contribution in [1.29, 1.82) is 0 Å². The quantitative estimate of drug-likeness (QED) is 0.167. The Bertz CT molecular complexity index is 1880. The van der Waals surface area contributed by atoms with Gasteiger partial charge in [-0.15, -0.1) is 0 Å². The van der Waals surface area contributed by atoms with Crippen LogP contribution >= 0.6 is 11.3 Å². The van der Waals surface area contributed by atoms with Gasteiger partial charge in [0.15, 0.2) is 4.80 Å². The Morgan fingerprint density at radius 1 is 1.17 bits per heavy atom. The first kappa shape index (κ1) is 28.0. The van der Waals surface area contributed by atoms with Crippen LogP contribution in [0.5, 0.6) is 0 Å². The first-order valence-electron chi connectivity index (χ1n) is 13.2. The number of thiazole rings is 1. The van der Waals surface area contributed by atoms with Crippen LogP contribution in [0.25, 0.3) is 17.4 Å². The van der Waals surface area contributed by atoms with Gasteiger partial charge >= 0.3 is 5.97 Å². The molecule has 0 saturated heterocycles. The molecule has 2 aromatic heterocycles. The predicted molar refractivity (Wildman–Crippen MR) is 156 cm³/mol. The molecule has 9 nitrogen and oxygen atoms in total. The number of ether oxygens (including phenoxy) is 1. The lowest BCUT2D eigenvalue weighted by Gasteiger charge is -2.25. The molecule has 0 saturated carbocycles. The number of nitro groups is 1. The Morgan fingerprint density at radius 3 is 2.56 bits per heavy atom. The molecule has 10 heteroatoms. The van der Waals surface area contributed by atoms with Gasteiger partial charge in [-0.25, -0.2) is 9.79 Å². The van der Waals surface area contributed by atoms with Crippen LogP contribution in [0.3, 0.4) is 0 Å². The second-order valence-electron chi connectivity index (χ2n) is 10.1. The number of aromatic nitrogens is 1. The Hall–Kier alpha value is -4.57. The number of fused-ring (bicyclic) bond motifs is 1. The number of non-ortho nitro benzene ring substituents is 1. The molecule has 0 bridgehead atoms. The molecular weight excluding hydrogens is 542 g/mol. The molecule has 3 heterocycles. The van der Waals surface area contributed by atoms with Crippen LogP contribution in [-0.4, -0.2) is 22.1 Å². The van der Waals surface area contributed by atoms with Crippen LogP contribution in [0.2, 0.25) is 0 Å². The number of esters is 1. The molecule has 4 aromatic rings. The number of aryl methyl sites for hydroxylation is 1. The third kappa shape index (κ3) is 5.30. The number of carbonyl (C=O) groups is 1. The van der Waals surface area contributed by atoms with E-state index in [1.54, 1.807) is 38.1 Å². The van der Waals surface area contributed by atoms with Crippen molar-refractivity contribution in [3.8, 4) is 11.3 Å². The Labute approximate surface area is 239 Å². The number of benzene rings is 2. The van der Waals surface area contributed by atoms with E-state index in [0.29, 0.717) is 43.6 Å². The number of nitro benzene ring substituents is 1. The highest BCUT2D eigenvalue weighted by Gasteiger charge is 2.33. The van der Waals surface area contributed by atoms with E-state index in [0.717, 1.165) is 16.7 Å². The standard InChI is InChI=1S/C31H29N3O6S/c1-6-39-30(36)27-19(5)32-31-33(28(27)21-10-8-20(9-11-21)17(2)3)29(35)26(41-31)16-23-13-14-25(40-23)24-15-22(34(37)38)12-7-18(24)4/h7-17,28H,6H2,1-5H3/b26-16-/t28-/m0/s1. The molecule has 0 N–H and O–H groups in total. The number of hydrogen-bond acceptors (Lipinski definition) is 8. The predicted octanol–water partition coefficient (Wildman–Crippen LogP) is 5.40. The van der Waals surface area contributed by atoms with Crippen molar-refractivity contribution in [3.05, 3.63) is 118 Å². The van der Waals surface area contributed by atoms with Gasteiger partial charge in [-0.1, -0.05) is 55.5 Å². The van der Waals surface area contributed by atoms with Gasteiger partial charge in [0.1, 0.15) is 11.5 Å². The molecule has 0 amide bonds. The summed E-state index contributed by atoms with van der Waals surface area (Å²) in [7, 11) is 0. The zero-order valence-corrected chi connectivity index (χ0v) is 24.2. The molecule has 2 aromatic carbocycles. The summed E-state index contributed by atoms with van der Waals surface area (Å²) in [5, 5.41) is 11.3. The summed E-state index contributed by atoms with van der Waals surface area (Å²) in [5.41, 5.74) is 3.81. The highest BCUT2D eigenvalue weighted by molar-refractivity contribution is 7.07. The fraction of sp³-hybridized carbons (Fsp3) is 0.258. The van der Waals surface area contributed by atoms with Crippen LogP contribution in [0.4, 0.5) is 5.69 Å². The van der Waals surface area contributed by atoms with Gasteiger partial charge in [0.25, 0.3) is 11.2 Å². The maximum Gasteiger partial charge on any atom is 0.338 e. The van der Waals surface area contributed by atoms with Gasteiger partial charge < -0.3 is 9.15 Å². The highest BCUT2D eigenvalue weighted by Crippen LogP contribution is 2.32. The molecule has 0 radical (unpaired) electrons. The monoisotopic (exact) mass is 571 g/mol. The van der Waals surface area contributed by atoms with Crippen molar-refractivity contribution in [1.82, 2.24) is 4.57 Å². The van der Waals surface area contributed by atoms with Crippen molar-refractivity contribution < 1.29 is 18.9 Å². The molecule has 0 aliphatic carbocycles.